The molecule has 1 aromatic rings. The monoisotopic (exact) mass is 388 g/mol. The van der Waals surface area contributed by atoms with Gasteiger partial charge in [0.25, 0.3) is 5.91 Å². The maximum atomic E-state index is 12.8. The van der Waals surface area contributed by atoms with Crippen LogP contribution in [-0.2, 0) is 9.47 Å². The van der Waals surface area contributed by atoms with Crippen LogP contribution in [0.1, 0.15) is 23.2 Å². The van der Waals surface area contributed by atoms with Gasteiger partial charge in [0, 0.05) is 51.1 Å². The molecule has 2 saturated heterocycles. The summed E-state index contributed by atoms with van der Waals surface area (Å²) in [6, 6.07) is 4.26. The molecule has 0 unspecified atom stereocenters. The smallest absolute Gasteiger partial charge is 0.254 e. The van der Waals surface area contributed by atoms with Crippen molar-refractivity contribution in [3.05, 3.63) is 23.9 Å². The van der Waals surface area contributed by atoms with E-state index in [1.165, 1.54) is 0 Å². The second-order valence-corrected chi connectivity index (χ2v) is 8.51. The van der Waals surface area contributed by atoms with E-state index >= 15 is 0 Å². The minimum absolute atomic E-state index is 0.0793. The van der Waals surface area contributed by atoms with Crippen LogP contribution in [0.25, 0.3) is 0 Å². The summed E-state index contributed by atoms with van der Waals surface area (Å²) in [6.45, 7) is 4.56. The lowest BCUT2D eigenvalue weighted by Crippen LogP contribution is -2.47. The van der Waals surface area contributed by atoms with Crippen molar-refractivity contribution in [1.82, 2.24) is 14.8 Å². The first kappa shape index (κ1) is 19.6. The summed E-state index contributed by atoms with van der Waals surface area (Å²) in [5.41, 5.74) is 0.725. The predicted octanol–water partition coefficient (Wildman–Crippen LogP) is 1.35. The summed E-state index contributed by atoms with van der Waals surface area (Å²) in [6.07, 6.45) is 4.30. The minimum atomic E-state index is 0.0793. The van der Waals surface area contributed by atoms with Crippen molar-refractivity contribution >= 4 is 11.7 Å². The molecule has 0 aromatic carbocycles. The number of aromatic nitrogens is 1. The average molecular weight is 389 g/mol. The minimum Gasteiger partial charge on any atom is -0.380 e. The molecular weight excluding hydrogens is 356 g/mol. The van der Waals surface area contributed by atoms with Crippen LogP contribution in [0, 0.1) is 11.8 Å². The van der Waals surface area contributed by atoms with Crippen molar-refractivity contribution < 1.29 is 14.3 Å². The van der Waals surface area contributed by atoms with Crippen molar-refractivity contribution in [3.63, 3.8) is 0 Å². The Kier molecular flexibility index (Phi) is 5.85. The van der Waals surface area contributed by atoms with Gasteiger partial charge in [-0.05, 0) is 50.9 Å². The van der Waals surface area contributed by atoms with E-state index in [0.717, 1.165) is 37.3 Å². The number of hydrogen-bond donors (Lipinski definition) is 0. The fourth-order valence-corrected chi connectivity index (χ4v) is 5.05. The summed E-state index contributed by atoms with van der Waals surface area (Å²) in [7, 11) is 6.12. The molecule has 154 valence electrons. The zero-order valence-corrected chi connectivity index (χ0v) is 17.2. The van der Waals surface area contributed by atoms with Crippen molar-refractivity contribution in [1.29, 1.82) is 0 Å². The van der Waals surface area contributed by atoms with Crippen molar-refractivity contribution in [2.45, 2.75) is 25.0 Å². The second-order valence-electron chi connectivity index (χ2n) is 8.51. The molecule has 3 fully saturated rings. The third-order valence-electron chi connectivity index (χ3n) is 6.67. The number of rotatable bonds is 4. The third kappa shape index (κ3) is 3.88. The van der Waals surface area contributed by atoms with Gasteiger partial charge in [-0.3, -0.25) is 4.79 Å². The van der Waals surface area contributed by atoms with Crippen LogP contribution in [0.4, 0.5) is 5.82 Å². The van der Waals surface area contributed by atoms with Crippen molar-refractivity contribution in [3.8, 4) is 0 Å². The van der Waals surface area contributed by atoms with E-state index in [1.54, 1.807) is 6.20 Å². The molecule has 1 aromatic heterocycles. The number of hydrogen-bond acceptors (Lipinski definition) is 6. The van der Waals surface area contributed by atoms with Crippen LogP contribution in [-0.4, -0.2) is 93.4 Å². The summed E-state index contributed by atoms with van der Waals surface area (Å²) in [5.74, 6) is 2.28. The van der Waals surface area contributed by atoms with Crippen LogP contribution in [0.2, 0.25) is 0 Å². The van der Waals surface area contributed by atoms with Crippen LogP contribution in [0.3, 0.4) is 0 Å². The number of likely N-dealkylation sites (N-methyl/N-ethyl adjacent to an activating group) is 1. The number of amides is 1. The normalized spacial score (nSPS) is 30.6. The molecule has 4 atom stereocenters. The molecule has 0 bridgehead atoms. The standard InChI is InChI=1S/C21H32N4O3/c1-23(2)18-10-16-13-25(14-17(16)11-19(18)27-3)20-12-15(4-5-22-20)21(26)24-6-8-28-9-7-24/h4-5,12,16-19H,6-11,13-14H2,1-3H3/t16-,17+,18-,19-/m1/s1. The van der Waals surface area contributed by atoms with E-state index in [4.69, 9.17) is 9.47 Å². The largest absolute Gasteiger partial charge is 0.380 e. The fraction of sp³-hybridized carbons (Fsp3) is 0.714. The lowest BCUT2D eigenvalue weighted by atomic mass is 9.77. The first-order chi connectivity index (χ1) is 13.6. The molecule has 0 radical (unpaired) electrons. The Hall–Kier alpha value is -1.70. The predicted molar refractivity (Wildman–Crippen MR) is 108 cm³/mol. The van der Waals surface area contributed by atoms with Gasteiger partial charge >= 0.3 is 0 Å². The molecule has 2 aliphatic heterocycles. The highest BCUT2D eigenvalue weighted by Gasteiger charge is 2.43. The maximum absolute atomic E-state index is 12.8. The highest BCUT2D eigenvalue weighted by Crippen LogP contribution is 2.40. The number of anilines is 1. The quantitative estimate of drug-likeness (QED) is 0.776. The van der Waals surface area contributed by atoms with Crippen molar-refractivity contribution in [2.24, 2.45) is 11.8 Å². The Morgan fingerprint density at radius 2 is 1.93 bits per heavy atom. The van der Waals surface area contributed by atoms with Gasteiger partial charge in [0.1, 0.15) is 5.82 Å². The molecule has 1 saturated carbocycles. The van der Waals surface area contributed by atoms with Gasteiger partial charge in [0.05, 0.1) is 19.3 Å². The van der Waals surface area contributed by atoms with Gasteiger partial charge in [-0.2, -0.15) is 0 Å². The van der Waals surface area contributed by atoms with E-state index in [9.17, 15) is 4.79 Å². The number of methoxy groups -OCH3 is 1. The number of pyridine rings is 1. The van der Waals surface area contributed by atoms with E-state index in [1.807, 2.05) is 24.1 Å². The maximum Gasteiger partial charge on any atom is 0.254 e. The van der Waals surface area contributed by atoms with Gasteiger partial charge in [-0.15, -0.1) is 0 Å². The second kappa shape index (κ2) is 8.35. The Morgan fingerprint density at radius 1 is 1.21 bits per heavy atom. The third-order valence-corrected chi connectivity index (χ3v) is 6.67. The molecule has 3 heterocycles. The van der Waals surface area contributed by atoms with E-state index in [0.29, 0.717) is 50.3 Å². The lowest BCUT2D eigenvalue weighted by molar-refractivity contribution is -0.0209. The number of carbonyl (C=O) groups is 1. The molecule has 1 aliphatic carbocycles. The van der Waals surface area contributed by atoms with E-state index in [2.05, 4.69) is 28.9 Å². The molecule has 0 N–H and O–H groups in total. The van der Waals surface area contributed by atoms with Gasteiger partial charge in [-0.25, -0.2) is 4.98 Å². The van der Waals surface area contributed by atoms with E-state index < -0.39 is 0 Å². The lowest BCUT2D eigenvalue weighted by Gasteiger charge is -2.40. The topological polar surface area (TPSA) is 58.1 Å². The van der Waals surface area contributed by atoms with Gasteiger partial charge < -0.3 is 24.2 Å². The molecule has 1 amide bonds. The summed E-state index contributed by atoms with van der Waals surface area (Å²) < 4.78 is 11.2. The zero-order chi connectivity index (χ0) is 19.7. The fourth-order valence-electron chi connectivity index (χ4n) is 5.05. The zero-order valence-electron chi connectivity index (χ0n) is 17.2. The SMILES string of the molecule is CO[C@@H]1C[C@H]2CN(c3cc(C(=O)N4CCOCC4)ccn3)C[C@H]2C[C@H]1N(C)C. The molecule has 28 heavy (non-hydrogen) atoms. The number of carbonyl (C=O) groups excluding carboxylic acids is 1. The number of morpholine rings is 1. The van der Waals surface area contributed by atoms with Crippen LogP contribution >= 0.6 is 0 Å². The molecule has 4 rings (SSSR count). The summed E-state index contributed by atoms with van der Waals surface area (Å²) in [4.78, 5) is 23.9. The number of fused-ring (bicyclic) bond motifs is 1. The Balaban J connectivity index is 1.46. The average Bonchev–Trinajstić information content (AvgIpc) is 3.16. The highest BCUT2D eigenvalue weighted by molar-refractivity contribution is 5.95. The Morgan fingerprint density at radius 3 is 2.61 bits per heavy atom. The van der Waals surface area contributed by atoms with Crippen LogP contribution in [0.15, 0.2) is 18.3 Å². The molecule has 7 nitrogen and oxygen atoms in total. The number of nitrogens with zero attached hydrogens (tertiary/aromatic N) is 4. The van der Waals surface area contributed by atoms with Gasteiger partial charge in [-0.1, -0.05) is 0 Å². The van der Waals surface area contributed by atoms with Gasteiger partial charge in [0.2, 0.25) is 0 Å². The summed E-state index contributed by atoms with van der Waals surface area (Å²) in [5, 5.41) is 0. The van der Waals surface area contributed by atoms with Crippen molar-refractivity contribution in [2.75, 3.05) is 65.5 Å². The van der Waals surface area contributed by atoms with Gasteiger partial charge in [0.15, 0.2) is 0 Å². The van der Waals surface area contributed by atoms with Crippen LogP contribution in [0.5, 0.6) is 0 Å². The Labute approximate surface area is 167 Å². The summed E-state index contributed by atoms with van der Waals surface area (Å²) >= 11 is 0. The number of ether oxygens (including phenoxy) is 2. The molecular formula is C21H32N4O3. The Bertz CT molecular complexity index is 692. The molecule has 0 spiro atoms. The van der Waals surface area contributed by atoms with Crippen LogP contribution < -0.4 is 4.90 Å². The highest BCUT2D eigenvalue weighted by atomic mass is 16.5. The molecule has 3 aliphatic rings. The molecule has 7 heteroatoms. The van der Waals surface area contributed by atoms with E-state index in [-0.39, 0.29) is 5.91 Å². The first-order valence-electron chi connectivity index (χ1n) is 10.3. The first-order valence-corrected chi connectivity index (χ1v) is 10.3.